The molecule has 2 rings (SSSR count). The van der Waals surface area contributed by atoms with Crippen molar-refractivity contribution in [2.24, 2.45) is 0 Å². The summed E-state index contributed by atoms with van der Waals surface area (Å²) in [7, 11) is 0. The van der Waals surface area contributed by atoms with Gasteiger partial charge in [-0.25, -0.2) is 4.98 Å². The Morgan fingerprint density at radius 2 is 1.89 bits per heavy atom. The van der Waals surface area contributed by atoms with E-state index in [4.69, 9.17) is 4.74 Å². The van der Waals surface area contributed by atoms with E-state index in [1.54, 1.807) is 0 Å². The molecule has 1 aromatic heterocycles. The Morgan fingerprint density at radius 1 is 1.16 bits per heavy atom. The summed E-state index contributed by atoms with van der Waals surface area (Å²) in [4.78, 5) is 5.43. The van der Waals surface area contributed by atoms with E-state index in [9.17, 15) is 5.11 Å². The lowest BCUT2D eigenvalue weighted by molar-refractivity contribution is 0.284. The average molecular weight is 277 g/mol. The van der Waals surface area contributed by atoms with Crippen LogP contribution in [-0.2, 0) is 26.1 Å². The van der Waals surface area contributed by atoms with Crippen molar-refractivity contribution >= 4 is 11.3 Å². The molecule has 0 radical (unpaired) electrons. The number of aliphatic hydroxyl groups is 1. The van der Waals surface area contributed by atoms with Crippen molar-refractivity contribution in [2.45, 2.75) is 39.9 Å². The highest BCUT2D eigenvalue weighted by Gasteiger charge is 2.09. The maximum atomic E-state index is 9.24. The van der Waals surface area contributed by atoms with Crippen molar-refractivity contribution in [3.63, 3.8) is 0 Å². The van der Waals surface area contributed by atoms with Crippen LogP contribution in [-0.4, -0.2) is 10.1 Å². The third-order valence-corrected chi connectivity index (χ3v) is 4.05. The molecule has 19 heavy (non-hydrogen) atoms. The van der Waals surface area contributed by atoms with E-state index in [0.717, 1.165) is 34.2 Å². The molecule has 1 aromatic carbocycles. The van der Waals surface area contributed by atoms with E-state index < -0.39 is 0 Å². The lowest BCUT2D eigenvalue weighted by Crippen LogP contribution is -1.95. The molecule has 0 saturated carbocycles. The minimum absolute atomic E-state index is 0.0615. The van der Waals surface area contributed by atoms with Crippen LogP contribution in [0, 0.1) is 0 Å². The van der Waals surface area contributed by atoms with Crippen molar-refractivity contribution in [1.29, 1.82) is 0 Å². The fourth-order valence-electron chi connectivity index (χ4n) is 1.86. The molecule has 0 unspecified atom stereocenters. The number of rotatable bonds is 6. The maximum Gasteiger partial charge on any atom is 0.140 e. The van der Waals surface area contributed by atoms with Crippen molar-refractivity contribution < 1.29 is 9.84 Å². The summed E-state index contributed by atoms with van der Waals surface area (Å²) in [5, 5.41) is 10.2. The van der Waals surface area contributed by atoms with E-state index in [0.29, 0.717) is 6.61 Å². The summed E-state index contributed by atoms with van der Waals surface area (Å²) in [5.41, 5.74) is 2.28. The van der Waals surface area contributed by atoms with Gasteiger partial charge in [0.1, 0.15) is 17.4 Å². The smallest absolute Gasteiger partial charge is 0.140 e. The first-order valence-electron chi connectivity index (χ1n) is 6.56. The van der Waals surface area contributed by atoms with Gasteiger partial charge in [-0.05, 0) is 30.5 Å². The predicted molar refractivity (Wildman–Crippen MR) is 77.6 cm³/mol. The number of hydrogen-bond acceptors (Lipinski definition) is 4. The van der Waals surface area contributed by atoms with Crippen molar-refractivity contribution in [3.05, 3.63) is 45.4 Å². The molecule has 0 atom stereocenters. The first-order valence-corrected chi connectivity index (χ1v) is 7.38. The summed E-state index contributed by atoms with van der Waals surface area (Å²) in [5.74, 6) is 0.857. The maximum absolute atomic E-state index is 9.24. The molecular weight excluding hydrogens is 258 g/mol. The zero-order chi connectivity index (χ0) is 13.7. The van der Waals surface area contributed by atoms with Gasteiger partial charge in [-0.3, -0.25) is 0 Å². The van der Waals surface area contributed by atoms with Crippen molar-refractivity contribution in [2.75, 3.05) is 0 Å². The lowest BCUT2D eigenvalue weighted by Gasteiger charge is -2.04. The van der Waals surface area contributed by atoms with Crippen LogP contribution >= 0.6 is 11.3 Å². The first-order chi connectivity index (χ1) is 9.26. The molecule has 1 heterocycles. The van der Waals surface area contributed by atoms with E-state index >= 15 is 0 Å². The van der Waals surface area contributed by atoms with E-state index in [1.165, 1.54) is 16.9 Å². The van der Waals surface area contributed by atoms with Crippen LogP contribution < -0.4 is 4.74 Å². The Morgan fingerprint density at radius 3 is 2.42 bits per heavy atom. The monoisotopic (exact) mass is 277 g/mol. The van der Waals surface area contributed by atoms with Gasteiger partial charge in [0.15, 0.2) is 0 Å². The average Bonchev–Trinajstić information content (AvgIpc) is 2.88. The van der Waals surface area contributed by atoms with Gasteiger partial charge in [0, 0.05) is 0 Å². The Balaban J connectivity index is 1.99. The van der Waals surface area contributed by atoms with Crippen LogP contribution in [0.2, 0.25) is 0 Å². The number of aromatic nitrogens is 1. The predicted octanol–water partition coefficient (Wildman–Crippen LogP) is 3.34. The summed E-state index contributed by atoms with van der Waals surface area (Å²) in [6, 6.07) is 8.13. The molecule has 0 aliphatic carbocycles. The molecule has 0 aliphatic rings. The lowest BCUT2D eigenvalue weighted by atomic mass is 10.2. The van der Waals surface area contributed by atoms with Gasteiger partial charge < -0.3 is 9.84 Å². The molecule has 3 nitrogen and oxygen atoms in total. The van der Waals surface area contributed by atoms with Gasteiger partial charge in [-0.15, -0.1) is 11.3 Å². The topological polar surface area (TPSA) is 42.4 Å². The fraction of sp³-hybridized carbons (Fsp3) is 0.400. The molecule has 2 aromatic rings. The van der Waals surface area contributed by atoms with Crippen LogP contribution in [0.15, 0.2) is 24.3 Å². The standard InChI is InChI=1S/C15H19NO2S/c1-3-11-5-7-12(8-6-11)18-10-15-16-13(4-2)14(9-17)19-15/h5-8,17H,3-4,9-10H2,1-2H3. The number of aliphatic hydroxyl groups excluding tert-OH is 1. The van der Waals surface area contributed by atoms with Crippen molar-refractivity contribution in [1.82, 2.24) is 4.98 Å². The highest BCUT2D eigenvalue weighted by atomic mass is 32.1. The summed E-state index contributed by atoms with van der Waals surface area (Å²) in [6.07, 6.45) is 1.88. The van der Waals surface area contributed by atoms with Crippen LogP contribution in [0.4, 0.5) is 0 Å². The van der Waals surface area contributed by atoms with Crippen LogP contribution in [0.3, 0.4) is 0 Å². The zero-order valence-electron chi connectivity index (χ0n) is 11.3. The molecular formula is C15H19NO2S. The van der Waals surface area contributed by atoms with Gasteiger partial charge in [0.05, 0.1) is 17.2 Å². The minimum Gasteiger partial charge on any atom is -0.486 e. The van der Waals surface area contributed by atoms with Gasteiger partial charge in [-0.1, -0.05) is 26.0 Å². The molecule has 0 spiro atoms. The largest absolute Gasteiger partial charge is 0.486 e. The zero-order valence-corrected chi connectivity index (χ0v) is 12.2. The first kappa shape index (κ1) is 14.0. The van der Waals surface area contributed by atoms with Gasteiger partial charge in [0.25, 0.3) is 0 Å². The molecule has 0 saturated heterocycles. The second-order valence-corrected chi connectivity index (χ2v) is 5.44. The number of thiazole rings is 1. The number of benzene rings is 1. The Bertz CT molecular complexity index is 498. The van der Waals surface area contributed by atoms with Crippen LogP contribution in [0.1, 0.15) is 35.0 Å². The van der Waals surface area contributed by atoms with Gasteiger partial charge in [0.2, 0.25) is 0 Å². The number of nitrogens with zero attached hydrogens (tertiary/aromatic N) is 1. The normalized spacial score (nSPS) is 10.7. The summed E-state index contributed by atoms with van der Waals surface area (Å²) in [6.45, 7) is 4.70. The summed E-state index contributed by atoms with van der Waals surface area (Å²) < 4.78 is 5.72. The van der Waals surface area contributed by atoms with E-state index in [1.807, 2.05) is 19.1 Å². The highest BCUT2D eigenvalue weighted by molar-refractivity contribution is 7.11. The Hall–Kier alpha value is -1.39. The van der Waals surface area contributed by atoms with E-state index in [-0.39, 0.29) is 6.61 Å². The van der Waals surface area contributed by atoms with Crippen molar-refractivity contribution in [3.8, 4) is 5.75 Å². The SMILES string of the molecule is CCc1ccc(OCc2nc(CC)c(CO)s2)cc1. The van der Waals surface area contributed by atoms with Gasteiger partial charge in [-0.2, -0.15) is 0 Å². The third-order valence-electron chi connectivity index (χ3n) is 2.99. The number of hydrogen-bond donors (Lipinski definition) is 1. The Kier molecular flexibility index (Phi) is 4.93. The highest BCUT2D eigenvalue weighted by Crippen LogP contribution is 2.21. The molecule has 0 aliphatic heterocycles. The number of aryl methyl sites for hydroxylation is 2. The molecule has 0 bridgehead atoms. The minimum atomic E-state index is 0.0615. The third kappa shape index (κ3) is 3.55. The summed E-state index contributed by atoms with van der Waals surface area (Å²) >= 11 is 1.52. The van der Waals surface area contributed by atoms with E-state index in [2.05, 4.69) is 24.0 Å². The van der Waals surface area contributed by atoms with Crippen LogP contribution in [0.5, 0.6) is 5.75 Å². The molecule has 4 heteroatoms. The second kappa shape index (κ2) is 6.68. The second-order valence-electron chi connectivity index (χ2n) is 4.28. The number of ether oxygens (including phenoxy) is 1. The Labute approximate surface area is 117 Å². The molecule has 0 fully saturated rings. The quantitative estimate of drug-likeness (QED) is 0.880. The fourth-order valence-corrected chi connectivity index (χ4v) is 2.80. The van der Waals surface area contributed by atoms with Gasteiger partial charge >= 0.3 is 0 Å². The molecule has 0 amide bonds. The molecule has 102 valence electrons. The van der Waals surface area contributed by atoms with Crippen LogP contribution in [0.25, 0.3) is 0 Å². The molecule has 1 N–H and O–H groups in total.